The van der Waals surface area contributed by atoms with Gasteiger partial charge in [0.2, 0.25) is 0 Å². The molecule has 1 fully saturated rings. The molecule has 0 aromatic carbocycles. The smallest absolute Gasteiger partial charge is 0.164 e. The predicted molar refractivity (Wildman–Crippen MR) is 118 cm³/mol. The summed E-state index contributed by atoms with van der Waals surface area (Å²) >= 11 is 1.86. The molecule has 0 atom stereocenters. The van der Waals surface area contributed by atoms with Crippen molar-refractivity contribution in [2.75, 3.05) is 18.0 Å². The lowest BCUT2D eigenvalue weighted by atomic mass is 9.96. The average molecular weight is 418 g/mol. The van der Waals surface area contributed by atoms with Crippen LogP contribution in [0.25, 0.3) is 21.6 Å². The summed E-state index contributed by atoms with van der Waals surface area (Å²) in [6.07, 6.45) is 14.1. The molecule has 0 amide bonds. The fraction of sp³-hybridized carbons (Fsp3) is 0.409. The minimum Gasteiger partial charge on any atom is -0.356 e. The summed E-state index contributed by atoms with van der Waals surface area (Å²) < 4.78 is 2.00. The first-order valence-corrected chi connectivity index (χ1v) is 11.5. The molecule has 0 bridgehead atoms. The number of nitrogens with zero attached hydrogens (tertiary/aromatic N) is 7. The molecule has 1 saturated heterocycles. The van der Waals surface area contributed by atoms with Crippen LogP contribution in [-0.2, 0) is 12.8 Å². The van der Waals surface area contributed by atoms with Crippen molar-refractivity contribution in [3.05, 3.63) is 47.6 Å². The minimum atomic E-state index is 0.412. The van der Waals surface area contributed by atoms with Crippen LogP contribution in [0.2, 0.25) is 0 Å². The van der Waals surface area contributed by atoms with Gasteiger partial charge in [0, 0.05) is 35.9 Å². The van der Waals surface area contributed by atoms with E-state index < -0.39 is 0 Å². The van der Waals surface area contributed by atoms with Crippen LogP contribution in [0.1, 0.15) is 42.2 Å². The molecule has 6 rings (SSSR count). The van der Waals surface area contributed by atoms with Crippen molar-refractivity contribution in [3.8, 4) is 11.4 Å². The van der Waals surface area contributed by atoms with Gasteiger partial charge in [-0.05, 0) is 56.2 Å². The molecule has 4 aromatic rings. The Bertz CT molecular complexity index is 1160. The zero-order valence-corrected chi connectivity index (χ0v) is 17.6. The fourth-order valence-corrected chi connectivity index (χ4v) is 6.00. The van der Waals surface area contributed by atoms with Gasteiger partial charge in [0.05, 0.1) is 11.4 Å². The zero-order chi connectivity index (χ0) is 19.9. The second kappa shape index (κ2) is 7.43. The van der Waals surface area contributed by atoms with Gasteiger partial charge in [-0.2, -0.15) is 5.10 Å². The highest BCUT2D eigenvalue weighted by molar-refractivity contribution is 7.19. The number of hydrogen-bond acceptors (Lipinski definition) is 7. The lowest BCUT2D eigenvalue weighted by Crippen LogP contribution is -2.35. The molecule has 1 aliphatic carbocycles. The summed E-state index contributed by atoms with van der Waals surface area (Å²) in [5, 5.41) is 5.64. The second-order valence-corrected chi connectivity index (χ2v) is 9.18. The highest BCUT2D eigenvalue weighted by Gasteiger charge is 2.27. The van der Waals surface area contributed by atoms with E-state index in [1.54, 1.807) is 12.5 Å². The van der Waals surface area contributed by atoms with Crippen molar-refractivity contribution in [1.82, 2.24) is 29.7 Å². The van der Waals surface area contributed by atoms with E-state index in [1.165, 1.54) is 35.1 Å². The number of aromatic nitrogens is 6. The average Bonchev–Trinajstić information content (AvgIpc) is 3.47. The SMILES string of the molecule is c1cncc(-c2nc(N3CCC(n4cncn4)CC3)c3c4c(sc3n2)CCCC4)c1. The quantitative estimate of drug-likeness (QED) is 0.500. The highest BCUT2D eigenvalue weighted by atomic mass is 32.1. The third-order valence-corrected chi connectivity index (χ3v) is 7.48. The predicted octanol–water partition coefficient (Wildman–Crippen LogP) is 4.07. The first-order chi connectivity index (χ1) is 14.9. The Morgan fingerprint density at radius 2 is 1.93 bits per heavy atom. The van der Waals surface area contributed by atoms with Gasteiger partial charge in [-0.1, -0.05) is 0 Å². The summed E-state index contributed by atoms with van der Waals surface area (Å²) in [5.74, 6) is 1.89. The summed E-state index contributed by atoms with van der Waals surface area (Å²) in [6, 6.07) is 4.41. The van der Waals surface area contributed by atoms with Crippen molar-refractivity contribution < 1.29 is 0 Å². The van der Waals surface area contributed by atoms with E-state index in [2.05, 4.69) is 20.0 Å². The van der Waals surface area contributed by atoms with Crippen LogP contribution in [-0.4, -0.2) is 42.8 Å². The van der Waals surface area contributed by atoms with E-state index in [-0.39, 0.29) is 0 Å². The topological polar surface area (TPSA) is 72.6 Å². The number of piperidine rings is 1. The number of fused-ring (bicyclic) bond motifs is 3. The number of aryl methyl sites for hydroxylation is 2. The van der Waals surface area contributed by atoms with Gasteiger partial charge in [0.15, 0.2) is 5.82 Å². The minimum absolute atomic E-state index is 0.412. The second-order valence-electron chi connectivity index (χ2n) is 8.10. The third-order valence-electron chi connectivity index (χ3n) is 6.29. The number of anilines is 1. The molecular formula is C22H23N7S. The Kier molecular flexibility index (Phi) is 4.44. The lowest BCUT2D eigenvalue weighted by Gasteiger charge is -2.33. The Labute approximate surface area is 178 Å². The van der Waals surface area contributed by atoms with Crippen molar-refractivity contribution >= 4 is 27.4 Å². The molecule has 0 spiro atoms. The summed E-state index contributed by atoms with van der Waals surface area (Å²) in [5.41, 5.74) is 2.47. The molecular weight excluding hydrogens is 394 g/mol. The molecule has 152 valence electrons. The van der Waals surface area contributed by atoms with Crippen molar-refractivity contribution in [3.63, 3.8) is 0 Å². The summed E-state index contributed by atoms with van der Waals surface area (Å²) in [7, 11) is 0. The van der Waals surface area contributed by atoms with E-state index in [0.717, 1.165) is 54.4 Å². The molecule has 2 aliphatic rings. The zero-order valence-electron chi connectivity index (χ0n) is 16.7. The molecule has 0 saturated carbocycles. The van der Waals surface area contributed by atoms with E-state index >= 15 is 0 Å². The number of pyridine rings is 1. The van der Waals surface area contributed by atoms with Crippen LogP contribution in [0, 0.1) is 0 Å². The van der Waals surface area contributed by atoms with Gasteiger partial charge in [-0.15, -0.1) is 11.3 Å². The van der Waals surface area contributed by atoms with E-state index in [0.29, 0.717) is 6.04 Å². The van der Waals surface area contributed by atoms with Gasteiger partial charge in [0.25, 0.3) is 0 Å². The number of rotatable bonds is 3. The number of thiophene rings is 1. The van der Waals surface area contributed by atoms with Crippen molar-refractivity contribution in [1.29, 1.82) is 0 Å². The molecule has 0 unspecified atom stereocenters. The maximum atomic E-state index is 5.11. The lowest BCUT2D eigenvalue weighted by molar-refractivity contribution is 0.365. The molecule has 7 nitrogen and oxygen atoms in total. The Balaban J connectivity index is 1.42. The van der Waals surface area contributed by atoms with E-state index in [1.807, 2.05) is 40.7 Å². The van der Waals surface area contributed by atoms with Crippen LogP contribution >= 0.6 is 11.3 Å². The molecule has 4 aromatic heterocycles. The standard InChI is InChI=1S/C22H23N7S/c1-2-6-18-17(5-1)19-21(28-10-7-16(8-11-28)29-14-24-13-25-29)26-20(27-22(19)30-18)15-4-3-9-23-12-15/h3-4,9,12-14,16H,1-2,5-8,10-11H2. The van der Waals surface area contributed by atoms with Crippen LogP contribution in [0.3, 0.4) is 0 Å². The first kappa shape index (κ1) is 17.9. The molecule has 5 heterocycles. The highest BCUT2D eigenvalue weighted by Crippen LogP contribution is 2.41. The number of hydrogen-bond donors (Lipinski definition) is 0. The van der Waals surface area contributed by atoms with Crippen LogP contribution in [0.5, 0.6) is 0 Å². The fourth-order valence-electron chi connectivity index (χ4n) is 4.74. The van der Waals surface area contributed by atoms with Crippen LogP contribution < -0.4 is 4.90 Å². The van der Waals surface area contributed by atoms with Crippen LogP contribution in [0.4, 0.5) is 5.82 Å². The summed E-state index contributed by atoms with van der Waals surface area (Å²) in [4.78, 5) is 23.6. The van der Waals surface area contributed by atoms with Crippen molar-refractivity contribution in [2.24, 2.45) is 0 Å². The molecule has 30 heavy (non-hydrogen) atoms. The largest absolute Gasteiger partial charge is 0.356 e. The van der Waals surface area contributed by atoms with E-state index in [4.69, 9.17) is 9.97 Å². The van der Waals surface area contributed by atoms with Crippen molar-refractivity contribution in [2.45, 2.75) is 44.6 Å². The molecule has 0 N–H and O–H groups in total. The van der Waals surface area contributed by atoms with Gasteiger partial charge in [-0.25, -0.2) is 19.6 Å². The molecule has 0 radical (unpaired) electrons. The molecule has 8 heteroatoms. The maximum Gasteiger partial charge on any atom is 0.164 e. The Morgan fingerprint density at radius 1 is 1.03 bits per heavy atom. The Hall–Kier alpha value is -2.87. The van der Waals surface area contributed by atoms with Gasteiger partial charge >= 0.3 is 0 Å². The third kappa shape index (κ3) is 3.06. The van der Waals surface area contributed by atoms with Crippen LogP contribution in [0.15, 0.2) is 37.2 Å². The summed E-state index contributed by atoms with van der Waals surface area (Å²) in [6.45, 7) is 1.93. The first-order valence-electron chi connectivity index (χ1n) is 10.7. The van der Waals surface area contributed by atoms with Gasteiger partial charge < -0.3 is 4.90 Å². The molecule has 1 aliphatic heterocycles. The monoisotopic (exact) mass is 417 g/mol. The van der Waals surface area contributed by atoms with E-state index in [9.17, 15) is 0 Å². The normalized spacial score (nSPS) is 17.4. The Morgan fingerprint density at radius 3 is 2.73 bits per heavy atom. The van der Waals surface area contributed by atoms with Gasteiger partial charge in [-0.3, -0.25) is 4.98 Å². The van der Waals surface area contributed by atoms with Gasteiger partial charge in [0.1, 0.15) is 23.3 Å². The maximum absolute atomic E-state index is 5.11.